The van der Waals surface area contributed by atoms with Crippen molar-refractivity contribution >= 4 is 22.9 Å². The molecule has 0 saturated carbocycles. The van der Waals surface area contributed by atoms with Crippen molar-refractivity contribution in [3.8, 4) is 12.8 Å². The Morgan fingerprint density at radius 1 is 1.12 bits per heavy atom. The van der Waals surface area contributed by atoms with Gasteiger partial charge in [0.05, 0.1) is 0 Å². The summed E-state index contributed by atoms with van der Waals surface area (Å²) in [7, 11) is 0. The Labute approximate surface area is 204 Å². The summed E-state index contributed by atoms with van der Waals surface area (Å²) in [5.74, 6) is 1.54. The predicted octanol–water partition coefficient (Wildman–Crippen LogP) is 8.94. The molecule has 0 aliphatic heterocycles. The number of hydrogen-bond acceptors (Lipinski definition) is 2. The fraction of sp³-hybridized carbons (Fsp3) is 0.448. The van der Waals surface area contributed by atoms with E-state index in [0.717, 1.165) is 28.6 Å². The van der Waals surface area contributed by atoms with Crippen molar-refractivity contribution in [2.75, 3.05) is 5.88 Å². The summed E-state index contributed by atoms with van der Waals surface area (Å²) in [5.41, 5.74) is 6.25. The minimum Gasteiger partial charge on any atom is -0.305 e. The molecule has 1 aromatic carbocycles. The molecular formula is C29H45ClN2. The van der Waals surface area contributed by atoms with Gasteiger partial charge in [0.2, 0.25) is 0 Å². The van der Waals surface area contributed by atoms with Gasteiger partial charge < -0.3 is 5.41 Å². The average molecular weight is 457 g/mol. The third-order valence-electron chi connectivity index (χ3n) is 4.47. The second-order valence-electron chi connectivity index (χ2n) is 6.92. The van der Waals surface area contributed by atoms with E-state index < -0.39 is 0 Å². The van der Waals surface area contributed by atoms with Crippen LogP contribution in [0.4, 0.5) is 0 Å². The Morgan fingerprint density at radius 2 is 1.62 bits per heavy atom. The van der Waals surface area contributed by atoms with Gasteiger partial charge in [0.1, 0.15) is 0 Å². The number of alkyl halides is 1. The normalized spacial score (nSPS) is 10.3. The van der Waals surface area contributed by atoms with Crippen LogP contribution in [0.25, 0.3) is 5.57 Å². The fourth-order valence-corrected chi connectivity index (χ4v) is 2.55. The zero-order valence-corrected chi connectivity index (χ0v) is 22.6. The molecule has 0 aliphatic rings. The maximum Gasteiger partial charge on any atom is 0.0402 e. The van der Waals surface area contributed by atoms with E-state index in [9.17, 15) is 0 Å². The van der Waals surface area contributed by atoms with Crippen LogP contribution in [0.5, 0.6) is 0 Å². The number of pyridine rings is 1. The number of nitrogens with one attached hydrogen (secondary N) is 1. The molecule has 178 valence electrons. The molecule has 1 heterocycles. The lowest BCUT2D eigenvalue weighted by Gasteiger charge is -2.07. The van der Waals surface area contributed by atoms with Crippen LogP contribution in [0.3, 0.4) is 0 Å². The maximum absolute atomic E-state index is 7.62. The summed E-state index contributed by atoms with van der Waals surface area (Å²) in [6.07, 6.45) is 14.3. The summed E-state index contributed by atoms with van der Waals surface area (Å²) in [5, 5.41) is 7.62. The minimum atomic E-state index is 0.581. The van der Waals surface area contributed by atoms with Gasteiger partial charge in [0, 0.05) is 29.0 Å². The molecule has 3 heteroatoms. The van der Waals surface area contributed by atoms with Gasteiger partial charge in [-0.3, -0.25) is 4.98 Å². The Bertz CT molecular complexity index is 761. The molecule has 0 saturated heterocycles. The van der Waals surface area contributed by atoms with E-state index in [1.54, 1.807) is 6.92 Å². The molecule has 2 aromatic rings. The standard InChI is InChI=1S/C12H16N2.C11H16.C2H5Cl.C2H6.C2H2/c1-5-12(9(3)13)11-6-8(2)10(4)14-7-11;1-3-10(2)9-11-7-5-4-6-8-11;1-2-3;2*1-2/h5-7,13H,1-4H3;4-8,10H,3,9H2,1-2H3;2H2,1H3;1-2H3;1-2H/b12-5-,13-9?;;;;/t;10-;;;/m.1.../s1. The van der Waals surface area contributed by atoms with Gasteiger partial charge in [0.15, 0.2) is 0 Å². The van der Waals surface area contributed by atoms with E-state index in [-0.39, 0.29) is 0 Å². The molecule has 0 radical (unpaired) electrons. The highest BCUT2D eigenvalue weighted by molar-refractivity contribution is 6.21. The number of hydrogen-bond donors (Lipinski definition) is 1. The highest BCUT2D eigenvalue weighted by atomic mass is 35.5. The maximum atomic E-state index is 7.62. The zero-order chi connectivity index (χ0) is 25.5. The quantitative estimate of drug-likeness (QED) is 0.272. The van der Waals surface area contributed by atoms with Crippen molar-refractivity contribution in [2.24, 2.45) is 5.92 Å². The van der Waals surface area contributed by atoms with Gasteiger partial charge in [-0.1, -0.05) is 77.4 Å². The van der Waals surface area contributed by atoms with Crippen LogP contribution in [0, 0.1) is 38.0 Å². The second kappa shape index (κ2) is 23.3. The number of nitrogens with zero attached hydrogens (tertiary/aromatic N) is 1. The Balaban J connectivity index is -0.000000417. The largest absolute Gasteiger partial charge is 0.305 e. The molecule has 0 aliphatic carbocycles. The lowest BCUT2D eigenvalue weighted by molar-refractivity contribution is 0.560. The van der Waals surface area contributed by atoms with Gasteiger partial charge in [-0.25, -0.2) is 0 Å². The number of halogens is 1. The summed E-state index contributed by atoms with van der Waals surface area (Å²) in [6.45, 7) is 18.2. The van der Waals surface area contributed by atoms with Crippen LogP contribution in [-0.2, 0) is 6.42 Å². The Kier molecular flexibility index (Phi) is 24.9. The molecule has 1 aromatic heterocycles. The Morgan fingerprint density at radius 3 is 2.00 bits per heavy atom. The monoisotopic (exact) mass is 456 g/mol. The summed E-state index contributed by atoms with van der Waals surface area (Å²) < 4.78 is 0. The van der Waals surface area contributed by atoms with Crippen LogP contribution in [-0.4, -0.2) is 16.6 Å². The highest BCUT2D eigenvalue weighted by Gasteiger charge is 2.04. The molecule has 1 N–H and O–H groups in total. The molecule has 2 rings (SSSR count). The van der Waals surface area contributed by atoms with Crippen molar-refractivity contribution in [1.29, 1.82) is 5.41 Å². The van der Waals surface area contributed by atoms with Gasteiger partial charge in [-0.05, 0) is 62.8 Å². The number of terminal acetylenes is 1. The van der Waals surface area contributed by atoms with Crippen molar-refractivity contribution in [3.05, 3.63) is 71.1 Å². The van der Waals surface area contributed by atoms with E-state index in [4.69, 9.17) is 17.0 Å². The third-order valence-corrected chi connectivity index (χ3v) is 4.47. The molecule has 0 amide bonds. The van der Waals surface area contributed by atoms with Crippen molar-refractivity contribution < 1.29 is 0 Å². The number of aromatic nitrogens is 1. The molecule has 0 fully saturated rings. The number of aryl methyl sites for hydroxylation is 2. The molecule has 32 heavy (non-hydrogen) atoms. The van der Waals surface area contributed by atoms with Crippen molar-refractivity contribution in [1.82, 2.24) is 4.98 Å². The number of rotatable bonds is 5. The van der Waals surface area contributed by atoms with Crippen LogP contribution in [0.2, 0.25) is 0 Å². The first-order valence-electron chi connectivity index (χ1n) is 11.4. The van der Waals surface area contributed by atoms with Gasteiger partial charge in [0.25, 0.3) is 0 Å². The second-order valence-corrected chi connectivity index (χ2v) is 7.46. The molecule has 0 unspecified atom stereocenters. The summed E-state index contributed by atoms with van der Waals surface area (Å²) in [4.78, 5) is 4.29. The first kappa shape index (κ1) is 34.2. The fourth-order valence-electron chi connectivity index (χ4n) is 2.55. The average Bonchev–Trinajstić information content (AvgIpc) is 2.81. The molecule has 0 spiro atoms. The van der Waals surface area contributed by atoms with Crippen LogP contribution in [0.15, 0.2) is 48.7 Å². The number of allylic oxidation sites excluding steroid dienone is 2. The topological polar surface area (TPSA) is 36.7 Å². The predicted molar refractivity (Wildman–Crippen MR) is 148 cm³/mol. The van der Waals surface area contributed by atoms with E-state index in [1.165, 1.54) is 24.0 Å². The van der Waals surface area contributed by atoms with Gasteiger partial charge in [-0.2, -0.15) is 0 Å². The van der Waals surface area contributed by atoms with E-state index in [1.807, 2.05) is 53.8 Å². The van der Waals surface area contributed by atoms with E-state index >= 15 is 0 Å². The van der Waals surface area contributed by atoms with E-state index in [0.29, 0.717) is 5.71 Å². The lowest BCUT2D eigenvalue weighted by atomic mass is 9.99. The van der Waals surface area contributed by atoms with Crippen LogP contribution >= 0.6 is 11.6 Å². The highest BCUT2D eigenvalue weighted by Crippen LogP contribution is 2.17. The Hall–Kier alpha value is -2.37. The summed E-state index contributed by atoms with van der Waals surface area (Å²) in [6, 6.07) is 12.8. The molecule has 2 nitrogen and oxygen atoms in total. The molecular weight excluding hydrogens is 412 g/mol. The van der Waals surface area contributed by atoms with E-state index in [2.05, 4.69) is 68.1 Å². The zero-order valence-electron chi connectivity index (χ0n) is 21.8. The van der Waals surface area contributed by atoms with Gasteiger partial charge >= 0.3 is 0 Å². The minimum absolute atomic E-state index is 0.581. The number of benzene rings is 1. The van der Waals surface area contributed by atoms with Crippen LogP contribution in [0.1, 0.15) is 77.3 Å². The van der Waals surface area contributed by atoms with Crippen LogP contribution < -0.4 is 0 Å². The molecule has 1 atom stereocenters. The van der Waals surface area contributed by atoms with Crippen molar-refractivity contribution in [3.63, 3.8) is 0 Å². The molecule has 0 bridgehead atoms. The third kappa shape index (κ3) is 16.3. The first-order chi connectivity index (χ1) is 15.3. The summed E-state index contributed by atoms with van der Waals surface area (Å²) >= 11 is 5.00. The van der Waals surface area contributed by atoms with Crippen molar-refractivity contribution in [2.45, 2.75) is 75.2 Å². The smallest absolute Gasteiger partial charge is 0.0402 e. The SMILES string of the molecule is C#C.C/C=C(/C(C)=N)c1cnc(C)c(C)c1.CC.CCCl.CC[C@@H](C)Cc1ccccc1. The lowest BCUT2D eigenvalue weighted by Crippen LogP contribution is -1.97. The first-order valence-corrected chi connectivity index (χ1v) is 11.9. The van der Waals surface area contributed by atoms with Gasteiger partial charge in [-0.15, -0.1) is 24.4 Å².